The molecule has 3 N–H and O–H groups in total. The largest absolute Gasteiger partial charge is 0.330 e. The van der Waals surface area contributed by atoms with Crippen molar-refractivity contribution in [1.82, 2.24) is 15.3 Å². The van der Waals surface area contributed by atoms with Crippen LogP contribution in [0, 0.1) is 0 Å². The van der Waals surface area contributed by atoms with Gasteiger partial charge in [0.1, 0.15) is 11.9 Å². The van der Waals surface area contributed by atoms with E-state index >= 15 is 0 Å². The summed E-state index contributed by atoms with van der Waals surface area (Å²) in [4.78, 5) is 21.3. The molecule has 112 valence electrons. The summed E-state index contributed by atoms with van der Waals surface area (Å²) in [6.45, 7) is 0. The van der Waals surface area contributed by atoms with E-state index in [1.165, 1.54) is 0 Å². The van der Waals surface area contributed by atoms with Gasteiger partial charge in [-0.1, -0.05) is 60.7 Å². The maximum atomic E-state index is 12.0. The van der Waals surface area contributed by atoms with E-state index in [9.17, 15) is 4.79 Å². The third-order valence-corrected chi connectivity index (χ3v) is 3.81. The first-order valence-corrected chi connectivity index (χ1v) is 7.33. The number of nitrogens with zero attached hydrogens (tertiary/aromatic N) is 2. The number of carbonyl (C=O) groups is 1. The standard InChI is InChI=1S/C18H14N4O/c19-17-15-16(18(23)22-17)21-14(12-9-5-2-6-10-12)13(20-15)11-7-3-1-4-8-11/h1-10,17H,19H2,(H,22,23). The number of hydrogen-bond acceptors (Lipinski definition) is 4. The quantitative estimate of drug-likeness (QED) is 0.762. The highest BCUT2D eigenvalue weighted by Gasteiger charge is 2.31. The van der Waals surface area contributed by atoms with Gasteiger partial charge in [0.05, 0.1) is 11.4 Å². The molecule has 3 aromatic rings. The number of rotatable bonds is 2. The lowest BCUT2D eigenvalue weighted by Gasteiger charge is -2.11. The fraction of sp³-hybridized carbons (Fsp3) is 0.0556. The number of aromatic nitrogens is 2. The summed E-state index contributed by atoms with van der Waals surface area (Å²) in [5.41, 5.74) is 9.99. The molecule has 0 radical (unpaired) electrons. The molecule has 0 aliphatic carbocycles. The van der Waals surface area contributed by atoms with Crippen LogP contribution in [-0.2, 0) is 0 Å². The molecule has 1 aliphatic heterocycles. The molecular formula is C18H14N4O. The van der Waals surface area contributed by atoms with Crippen molar-refractivity contribution in [2.24, 2.45) is 5.73 Å². The second-order valence-electron chi connectivity index (χ2n) is 5.34. The SMILES string of the molecule is NC1NC(=O)c2nc(-c3ccccc3)c(-c3ccccc3)nc21. The van der Waals surface area contributed by atoms with Gasteiger partial charge in [-0.2, -0.15) is 0 Å². The minimum atomic E-state index is -0.614. The lowest BCUT2D eigenvalue weighted by atomic mass is 10.0. The van der Waals surface area contributed by atoms with E-state index in [-0.39, 0.29) is 5.91 Å². The Hall–Kier alpha value is -3.05. The molecule has 0 spiro atoms. The minimum Gasteiger partial charge on any atom is -0.330 e. The van der Waals surface area contributed by atoms with Crippen molar-refractivity contribution in [3.8, 4) is 22.5 Å². The zero-order valence-corrected chi connectivity index (χ0v) is 12.2. The van der Waals surface area contributed by atoms with Crippen molar-refractivity contribution < 1.29 is 4.79 Å². The van der Waals surface area contributed by atoms with E-state index in [2.05, 4.69) is 15.3 Å². The normalized spacial score (nSPS) is 16.0. The first-order valence-electron chi connectivity index (χ1n) is 7.33. The number of amides is 1. The van der Waals surface area contributed by atoms with Crippen LogP contribution in [0.4, 0.5) is 0 Å². The monoisotopic (exact) mass is 302 g/mol. The van der Waals surface area contributed by atoms with Gasteiger partial charge in [0.25, 0.3) is 5.91 Å². The molecule has 5 nitrogen and oxygen atoms in total. The van der Waals surface area contributed by atoms with Gasteiger partial charge in [-0.25, -0.2) is 9.97 Å². The highest BCUT2D eigenvalue weighted by molar-refractivity contribution is 5.98. The van der Waals surface area contributed by atoms with Gasteiger partial charge in [0.2, 0.25) is 0 Å². The van der Waals surface area contributed by atoms with Crippen LogP contribution in [0.2, 0.25) is 0 Å². The second-order valence-corrected chi connectivity index (χ2v) is 5.34. The maximum Gasteiger partial charge on any atom is 0.273 e. The topological polar surface area (TPSA) is 80.9 Å². The molecule has 0 bridgehead atoms. The van der Waals surface area contributed by atoms with E-state index < -0.39 is 6.17 Å². The molecule has 2 heterocycles. The molecule has 4 rings (SSSR count). The van der Waals surface area contributed by atoms with Crippen LogP contribution in [0.5, 0.6) is 0 Å². The maximum absolute atomic E-state index is 12.0. The number of benzene rings is 2. The van der Waals surface area contributed by atoms with Gasteiger partial charge in [-0.05, 0) is 0 Å². The molecule has 1 aliphatic rings. The van der Waals surface area contributed by atoms with Gasteiger partial charge in [0.15, 0.2) is 5.69 Å². The summed E-state index contributed by atoms with van der Waals surface area (Å²) in [5.74, 6) is -0.281. The van der Waals surface area contributed by atoms with E-state index in [4.69, 9.17) is 5.73 Å². The zero-order chi connectivity index (χ0) is 15.8. The Balaban J connectivity index is 2.00. The van der Waals surface area contributed by atoms with Gasteiger partial charge in [-0.15, -0.1) is 0 Å². The Bertz CT molecular complexity index is 878. The fourth-order valence-electron chi connectivity index (χ4n) is 2.70. The number of fused-ring (bicyclic) bond motifs is 1. The molecular weight excluding hydrogens is 288 g/mol. The minimum absolute atomic E-state index is 0.281. The van der Waals surface area contributed by atoms with Crippen LogP contribution in [0.1, 0.15) is 22.3 Å². The molecule has 1 amide bonds. The molecule has 1 atom stereocenters. The number of carbonyl (C=O) groups excluding carboxylic acids is 1. The Morgan fingerprint density at radius 1 is 0.783 bits per heavy atom. The number of nitrogens with one attached hydrogen (secondary N) is 1. The van der Waals surface area contributed by atoms with Crippen molar-refractivity contribution in [2.75, 3.05) is 0 Å². The summed E-state index contributed by atoms with van der Waals surface area (Å²) in [6, 6.07) is 19.5. The third kappa shape index (κ3) is 2.27. The average molecular weight is 302 g/mol. The van der Waals surface area contributed by atoms with Crippen molar-refractivity contribution in [3.63, 3.8) is 0 Å². The molecule has 0 saturated carbocycles. The first kappa shape index (κ1) is 13.6. The average Bonchev–Trinajstić information content (AvgIpc) is 2.89. The van der Waals surface area contributed by atoms with Crippen LogP contribution < -0.4 is 11.1 Å². The van der Waals surface area contributed by atoms with Crippen molar-refractivity contribution in [2.45, 2.75) is 6.17 Å². The van der Waals surface area contributed by atoms with Gasteiger partial charge >= 0.3 is 0 Å². The van der Waals surface area contributed by atoms with E-state index in [1.54, 1.807) is 0 Å². The molecule has 1 aromatic heterocycles. The summed E-state index contributed by atoms with van der Waals surface area (Å²) < 4.78 is 0. The van der Waals surface area contributed by atoms with E-state index in [0.717, 1.165) is 16.8 Å². The van der Waals surface area contributed by atoms with Gasteiger partial charge < -0.3 is 11.1 Å². The summed E-state index contributed by atoms with van der Waals surface area (Å²) in [6.07, 6.45) is -0.614. The molecule has 0 saturated heterocycles. The van der Waals surface area contributed by atoms with Crippen LogP contribution in [-0.4, -0.2) is 15.9 Å². The summed E-state index contributed by atoms with van der Waals surface area (Å²) >= 11 is 0. The number of hydrogen-bond donors (Lipinski definition) is 2. The van der Waals surface area contributed by atoms with E-state index in [1.807, 2.05) is 60.7 Å². The zero-order valence-electron chi connectivity index (χ0n) is 12.2. The van der Waals surface area contributed by atoms with E-state index in [0.29, 0.717) is 17.1 Å². The number of nitrogens with two attached hydrogens (primary N) is 1. The fourth-order valence-corrected chi connectivity index (χ4v) is 2.70. The highest BCUT2D eigenvalue weighted by atomic mass is 16.2. The second kappa shape index (κ2) is 5.30. The van der Waals surface area contributed by atoms with Crippen LogP contribution in [0.15, 0.2) is 60.7 Å². The van der Waals surface area contributed by atoms with Crippen molar-refractivity contribution in [1.29, 1.82) is 0 Å². The van der Waals surface area contributed by atoms with Crippen LogP contribution >= 0.6 is 0 Å². The lowest BCUT2D eigenvalue weighted by molar-refractivity contribution is 0.0953. The summed E-state index contributed by atoms with van der Waals surface area (Å²) in [7, 11) is 0. The van der Waals surface area contributed by atoms with Crippen LogP contribution in [0.25, 0.3) is 22.5 Å². The molecule has 2 aromatic carbocycles. The Morgan fingerprint density at radius 2 is 1.30 bits per heavy atom. The van der Waals surface area contributed by atoms with Gasteiger partial charge in [0, 0.05) is 11.1 Å². The van der Waals surface area contributed by atoms with Crippen LogP contribution in [0.3, 0.4) is 0 Å². The Kier molecular flexibility index (Phi) is 3.13. The van der Waals surface area contributed by atoms with Crippen molar-refractivity contribution in [3.05, 3.63) is 72.1 Å². The van der Waals surface area contributed by atoms with Gasteiger partial charge in [-0.3, -0.25) is 4.79 Å². The predicted molar refractivity (Wildman–Crippen MR) is 87.3 cm³/mol. The van der Waals surface area contributed by atoms with Crippen molar-refractivity contribution >= 4 is 5.91 Å². The molecule has 0 fully saturated rings. The predicted octanol–water partition coefficient (Wildman–Crippen LogP) is 2.51. The third-order valence-electron chi connectivity index (χ3n) is 3.81. The Morgan fingerprint density at radius 3 is 1.87 bits per heavy atom. The summed E-state index contributed by atoms with van der Waals surface area (Å²) in [5, 5.41) is 2.65. The first-order chi connectivity index (χ1) is 11.2. The molecule has 5 heteroatoms. The highest BCUT2D eigenvalue weighted by Crippen LogP contribution is 2.32. The Labute approximate surface area is 133 Å². The smallest absolute Gasteiger partial charge is 0.273 e. The lowest BCUT2D eigenvalue weighted by Crippen LogP contribution is -2.25. The molecule has 1 unspecified atom stereocenters. The molecule has 23 heavy (non-hydrogen) atoms.